The molecule has 0 saturated carbocycles. The number of aromatic hydroxyl groups is 1. The highest BCUT2D eigenvalue weighted by molar-refractivity contribution is 6.43. The number of aliphatic hydroxyl groups is 1. The molecule has 1 fully saturated rings. The molecule has 2 atom stereocenters. The van der Waals surface area contributed by atoms with Crippen LogP contribution >= 0.6 is 46.4 Å². The molecule has 4 aromatic rings. The molecule has 1 aliphatic heterocycles. The number of anilines is 1. The number of aryl methyl sites for hydroxylation is 1. The first kappa shape index (κ1) is 36.7. The predicted molar refractivity (Wildman–Crippen MR) is 193 cm³/mol. The first-order valence-corrected chi connectivity index (χ1v) is 16.3. The van der Waals surface area contributed by atoms with Crippen LogP contribution in [0.2, 0.25) is 20.1 Å². The summed E-state index contributed by atoms with van der Waals surface area (Å²) in [6.07, 6.45) is 0. The van der Waals surface area contributed by atoms with Crippen LogP contribution in [0.4, 0.5) is 17.1 Å². The van der Waals surface area contributed by atoms with E-state index in [4.69, 9.17) is 55.9 Å². The number of carbonyl (C=O) groups is 2. The van der Waals surface area contributed by atoms with Crippen molar-refractivity contribution in [3.63, 3.8) is 0 Å². The van der Waals surface area contributed by atoms with E-state index in [2.05, 4.69) is 26.0 Å². The molecule has 1 heterocycles. The first-order valence-electron chi connectivity index (χ1n) is 14.8. The fourth-order valence-electron chi connectivity index (χ4n) is 4.91. The molecule has 4 aromatic carbocycles. The van der Waals surface area contributed by atoms with Crippen LogP contribution in [-0.2, 0) is 21.7 Å². The summed E-state index contributed by atoms with van der Waals surface area (Å²) in [6, 6.07) is 15.7. The molecule has 260 valence electrons. The van der Waals surface area contributed by atoms with Gasteiger partial charge >= 0.3 is 0 Å². The third kappa shape index (κ3) is 7.74. The van der Waals surface area contributed by atoms with Gasteiger partial charge in [0.05, 0.1) is 40.7 Å². The van der Waals surface area contributed by atoms with Crippen LogP contribution in [-0.4, -0.2) is 48.1 Å². The molecule has 0 radical (unpaired) electrons. The second kappa shape index (κ2) is 15.1. The second-order valence-electron chi connectivity index (χ2n) is 11.2. The molecule has 0 bridgehead atoms. The third-order valence-corrected chi connectivity index (χ3v) is 8.82. The van der Waals surface area contributed by atoms with Crippen LogP contribution in [0.1, 0.15) is 23.6 Å². The standard InChI is InChI=1S/C34H30Cl4N6O6/c1-17-11-19(6-9-26(17)45)34(2,48)33(47)39-16-18-5-8-22(36)25(12-18)40-31-29(42-41-21-7-10-27(49-3)28(15-21)50-4)32(46)44(43-31)30-23(37)13-20(35)14-24(30)38/h5-15,29,45,48H,16H2,1-4H3,(H,39,47)(H,40,43). The van der Waals surface area contributed by atoms with Crippen molar-refractivity contribution < 1.29 is 29.3 Å². The van der Waals surface area contributed by atoms with Crippen molar-refractivity contribution in [2.24, 2.45) is 15.2 Å². The van der Waals surface area contributed by atoms with Gasteiger partial charge in [-0.1, -0.05) is 58.5 Å². The van der Waals surface area contributed by atoms with Gasteiger partial charge in [-0.15, -0.1) is 0 Å². The number of phenolic OH excluding ortho intramolecular Hbond substituents is 1. The summed E-state index contributed by atoms with van der Waals surface area (Å²) in [5.41, 5.74) is 3.15. The fourth-order valence-corrected chi connectivity index (χ4v) is 6.06. The Hall–Kier alpha value is -4.59. The Labute approximate surface area is 307 Å². The average Bonchev–Trinajstić information content (AvgIpc) is 3.37. The van der Waals surface area contributed by atoms with Gasteiger partial charge in [-0.3, -0.25) is 15.0 Å². The molecule has 2 amide bonds. The van der Waals surface area contributed by atoms with Crippen LogP contribution in [0.25, 0.3) is 0 Å². The Morgan fingerprint density at radius 3 is 2.32 bits per heavy atom. The van der Waals surface area contributed by atoms with E-state index in [1.807, 2.05) is 0 Å². The summed E-state index contributed by atoms with van der Waals surface area (Å²) in [7, 11) is 2.98. The van der Waals surface area contributed by atoms with E-state index in [-0.39, 0.29) is 49.6 Å². The van der Waals surface area contributed by atoms with Crippen LogP contribution < -0.4 is 25.2 Å². The Balaban J connectivity index is 1.46. The number of hydrazine groups is 1. The molecule has 0 spiro atoms. The molecule has 5 rings (SSSR count). The van der Waals surface area contributed by atoms with Gasteiger partial charge < -0.3 is 25.0 Å². The van der Waals surface area contributed by atoms with E-state index in [9.17, 15) is 19.8 Å². The van der Waals surface area contributed by atoms with Crippen molar-refractivity contribution in [2.75, 3.05) is 19.2 Å². The molecule has 1 aliphatic rings. The molecule has 12 nitrogen and oxygen atoms in total. The maximum atomic E-state index is 13.8. The lowest BCUT2D eigenvalue weighted by atomic mass is 9.93. The van der Waals surface area contributed by atoms with Gasteiger partial charge in [0.15, 0.2) is 22.9 Å². The number of carbonyl (C=O) groups excluding carboxylic acids is 2. The normalized spacial score (nSPS) is 16.4. The molecule has 16 heteroatoms. The van der Waals surface area contributed by atoms with Crippen LogP contribution in [0.5, 0.6) is 17.2 Å². The number of methoxy groups -OCH3 is 2. The Morgan fingerprint density at radius 2 is 1.66 bits per heavy atom. The fraction of sp³-hybridized carbons (Fsp3) is 0.206. The van der Waals surface area contributed by atoms with Crippen molar-refractivity contribution in [1.82, 2.24) is 10.7 Å². The lowest BCUT2D eigenvalue weighted by Gasteiger charge is -2.23. The minimum atomic E-state index is -1.89. The van der Waals surface area contributed by atoms with Crippen molar-refractivity contribution in [3.8, 4) is 17.2 Å². The monoisotopic (exact) mass is 758 g/mol. The van der Waals surface area contributed by atoms with E-state index >= 15 is 0 Å². The van der Waals surface area contributed by atoms with E-state index in [1.54, 1.807) is 43.3 Å². The van der Waals surface area contributed by atoms with Crippen molar-refractivity contribution in [3.05, 3.63) is 104 Å². The van der Waals surface area contributed by atoms with Crippen LogP contribution in [0, 0.1) is 6.92 Å². The molecule has 1 saturated heterocycles. The molecular weight excluding hydrogens is 730 g/mol. The zero-order valence-corrected chi connectivity index (χ0v) is 30.0. The maximum absolute atomic E-state index is 13.8. The number of aliphatic imine (C=N–C) groups is 1. The molecule has 0 aliphatic carbocycles. The van der Waals surface area contributed by atoms with Gasteiger partial charge in [-0.25, -0.2) is 10.0 Å². The Kier molecular flexibility index (Phi) is 11.1. The number of phenols is 1. The third-order valence-electron chi connectivity index (χ3n) is 7.71. The number of hydrogen-bond acceptors (Lipinski definition) is 9. The summed E-state index contributed by atoms with van der Waals surface area (Å²) in [4.78, 5) is 31.5. The van der Waals surface area contributed by atoms with Crippen LogP contribution in [0.15, 0.2) is 82.0 Å². The maximum Gasteiger partial charge on any atom is 0.280 e. The predicted octanol–water partition coefficient (Wildman–Crippen LogP) is 7.59. The highest BCUT2D eigenvalue weighted by Gasteiger charge is 2.41. The van der Waals surface area contributed by atoms with Gasteiger partial charge in [0.2, 0.25) is 6.04 Å². The quantitative estimate of drug-likeness (QED) is 0.121. The summed E-state index contributed by atoms with van der Waals surface area (Å²) in [5.74, 6) is -0.302. The Morgan fingerprint density at radius 1 is 0.960 bits per heavy atom. The zero-order valence-electron chi connectivity index (χ0n) is 27.0. The molecule has 2 unspecified atom stereocenters. The summed E-state index contributed by atoms with van der Waals surface area (Å²) in [6.45, 7) is 3.02. The number of nitrogens with zero attached hydrogens (tertiary/aromatic N) is 4. The number of amides is 2. The number of nitrogens with one attached hydrogen (secondary N) is 2. The number of hydrogen-bond donors (Lipinski definition) is 4. The SMILES string of the molecule is COc1ccc(N=NC2C(=O)N(c3c(Cl)cc(Cl)cc3Cl)NC2=Nc2cc(CNC(=O)C(C)(O)c3ccc(O)c(C)c3)ccc2Cl)cc1OC. The number of azo groups is 1. The lowest BCUT2D eigenvalue weighted by molar-refractivity contribution is -0.139. The van der Waals surface area contributed by atoms with Gasteiger partial charge in [0, 0.05) is 17.6 Å². The van der Waals surface area contributed by atoms with Gasteiger partial charge in [-0.2, -0.15) is 10.2 Å². The second-order valence-corrected chi connectivity index (χ2v) is 12.9. The average molecular weight is 760 g/mol. The number of benzene rings is 4. The zero-order chi connectivity index (χ0) is 36.3. The highest BCUT2D eigenvalue weighted by Crippen LogP contribution is 2.39. The minimum absolute atomic E-state index is 0.00200. The first-order chi connectivity index (χ1) is 23.7. The summed E-state index contributed by atoms with van der Waals surface area (Å²) < 4.78 is 10.6. The van der Waals surface area contributed by atoms with Gasteiger partial charge in [0.25, 0.3) is 11.8 Å². The molecular formula is C34H30Cl4N6O6. The van der Waals surface area contributed by atoms with Crippen molar-refractivity contribution >= 4 is 81.1 Å². The number of ether oxygens (including phenoxy) is 2. The number of amidine groups is 1. The highest BCUT2D eigenvalue weighted by atomic mass is 35.5. The van der Waals surface area contributed by atoms with Gasteiger partial charge in [-0.05, 0) is 79.1 Å². The minimum Gasteiger partial charge on any atom is -0.508 e. The van der Waals surface area contributed by atoms with Crippen LogP contribution in [0.3, 0.4) is 0 Å². The smallest absolute Gasteiger partial charge is 0.280 e. The lowest BCUT2D eigenvalue weighted by Crippen LogP contribution is -2.41. The Bertz CT molecular complexity index is 2020. The largest absolute Gasteiger partial charge is 0.508 e. The number of halogens is 4. The summed E-state index contributed by atoms with van der Waals surface area (Å²) in [5, 5.41) is 33.9. The van der Waals surface area contributed by atoms with E-state index in [0.717, 1.165) is 5.01 Å². The van der Waals surface area contributed by atoms with E-state index in [0.29, 0.717) is 33.9 Å². The van der Waals surface area contributed by atoms with E-state index < -0.39 is 23.5 Å². The van der Waals surface area contributed by atoms with Crippen molar-refractivity contribution in [2.45, 2.75) is 32.0 Å². The van der Waals surface area contributed by atoms with E-state index in [1.165, 1.54) is 51.5 Å². The topological polar surface area (TPSA) is 157 Å². The molecule has 4 N–H and O–H groups in total. The number of rotatable bonds is 10. The molecule has 0 aromatic heterocycles. The molecule has 50 heavy (non-hydrogen) atoms. The van der Waals surface area contributed by atoms with Gasteiger partial charge in [0.1, 0.15) is 11.4 Å². The van der Waals surface area contributed by atoms with Crippen molar-refractivity contribution in [1.29, 1.82) is 0 Å². The summed E-state index contributed by atoms with van der Waals surface area (Å²) >= 11 is 25.6.